The van der Waals surface area contributed by atoms with Gasteiger partial charge in [-0.1, -0.05) is 0 Å². The second-order valence-electron chi connectivity index (χ2n) is 3.81. The minimum Gasteiger partial charge on any atom is -0.477 e. The molecule has 1 atom stereocenters. The summed E-state index contributed by atoms with van der Waals surface area (Å²) in [5.74, 6) is -0.381. The number of aromatic nitrogens is 2. The quantitative estimate of drug-likeness (QED) is 0.756. The van der Waals surface area contributed by atoms with E-state index < -0.39 is 11.5 Å². The molecule has 1 aromatic heterocycles. The minimum absolute atomic E-state index is 0.327. The van der Waals surface area contributed by atoms with Gasteiger partial charge in [0.2, 0.25) is 0 Å². The topological polar surface area (TPSA) is 92.3 Å². The van der Waals surface area contributed by atoms with Crippen molar-refractivity contribution < 1.29 is 14.6 Å². The SMILES string of the molecule is O=C(O)c1cnc(CC2CCOC2)[nH]c1=O. The summed E-state index contributed by atoms with van der Waals surface area (Å²) in [6.45, 7) is 1.41. The first kappa shape index (κ1) is 10.8. The third-order valence-electron chi connectivity index (χ3n) is 2.59. The van der Waals surface area contributed by atoms with Crippen molar-refractivity contribution in [1.82, 2.24) is 9.97 Å². The molecule has 0 bridgehead atoms. The molecule has 1 aliphatic heterocycles. The van der Waals surface area contributed by atoms with Gasteiger partial charge in [-0.25, -0.2) is 9.78 Å². The Balaban J connectivity index is 2.14. The molecule has 1 saturated heterocycles. The highest BCUT2D eigenvalue weighted by molar-refractivity contribution is 5.86. The van der Waals surface area contributed by atoms with Gasteiger partial charge in [-0.15, -0.1) is 0 Å². The zero-order chi connectivity index (χ0) is 11.5. The van der Waals surface area contributed by atoms with Gasteiger partial charge in [0.15, 0.2) is 0 Å². The first-order valence-corrected chi connectivity index (χ1v) is 5.06. The molecule has 16 heavy (non-hydrogen) atoms. The maximum Gasteiger partial charge on any atom is 0.342 e. The highest BCUT2D eigenvalue weighted by Gasteiger charge is 2.18. The molecule has 0 radical (unpaired) electrons. The molecule has 2 N–H and O–H groups in total. The number of aromatic carboxylic acids is 1. The third-order valence-corrected chi connectivity index (χ3v) is 2.59. The van der Waals surface area contributed by atoms with E-state index in [9.17, 15) is 9.59 Å². The van der Waals surface area contributed by atoms with Crippen LogP contribution in [0.1, 0.15) is 22.6 Å². The lowest BCUT2D eigenvalue weighted by molar-refractivity contribution is 0.0694. The van der Waals surface area contributed by atoms with Gasteiger partial charge in [0.25, 0.3) is 5.56 Å². The summed E-state index contributed by atoms with van der Waals surface area (Å²) in [5.41, 5.74) is -0.928. The summed E-state index contributed by atoms with van der Waals surface area (Å²) in [6.07, 6.45) is 2.67. The van der Waals surface area contributed by atoms with E-state index in [1.165, 1.54) is 0 Å². The van der Waals surface area contributed by atoms with Crippen LogP contribution in [0, 0.1) is 5.92 Å². The Bertz CT molecular complexity index is 448. The second-order valence-corrected chi connectivity index (χ2v) is 3.81. The molecule has 0 aliphatic carbocycles. The van der Waals surface area contributed by atoms with E-state index in [0.29, 0.717) is 24.8 Å². The lowest BCUT2D eigenvalue weighted by Gasteiger charge is -2.05. The lowest BCUT2D eigenvalue weighted by Crippen LogP contribution is -2.21. The predicted octanol–water partition coefficient (Wildman–Crippen LogP) is 0.0471. The molecular weight excluding hydrogens is 212 g/mol. The van der Waals surface area contributed by atoms with Crippen molar-refractivity contribution in [2.24, 2.45) is 5.92 Å². The van der Waals surface area contributed by atoms with Crippen LogP contribution in [-0.2, 0) is 11.2 Å². The summed E-state index contributed by atoms with van der Waals surface area (Å²) >= 11 is 0. The molecule has 0 aromatic carbocycles. The Hall–Kier alpha value is -1.69. The highest BCUT2D eigenvalue weighted by atomic mass is 16.5. The Kier molecular flexibility index (Phi) is 3.00. The van der Waals surface area contributed by atoms with Crippen molar-refractivity contribution in [3.8, 4) is 0 Å². The lowest BCUT2D eigenvalue weighted by atomic mass is 10.0. The van der Waals surface area contributed by atoms with Gasteiger partial charge in [0, 0.05) is 25.8 Å². The van der Waals surface area contributed by atoms with Gasteiger partial charge >= 0.3 is 5.97 Å². The largest absolute Gasteiger partial charge is 0.477 e. The molecule has 1 unspecified atom stereocenters. The zero-order valence-corrected chi connectivity index (χ0v) is 8.60. The van der Waals surface area contributed by atoms with Crippen LogP contribution in [0.15, 0.2) is 11.0 Å². The summed E-state index contributed by atoms with van der Waals surface area (Å²) in [4.78, 5) is 28.4. The van der Waals surface area contributed by atoms with E-state index in [2.05, 4.69) is 9.97 Å². The molecule has 2 heterocycles. The van der Waals surface area contributed by atoms with Crippen LogP contribution in [0.3, 0.4) is 0 Å². The number of carboxylic acid groups (broad SMARTS) is 1. The highest BCUT2D eigenvalue weighted by Crippen LogP contribution is 2.15. The average molecular weight is 224 g/mol. The average Bonchev–Trinajstić information content (AvgIpc) is 2.70. The molecule has 1 fully saturated rings. The van der Waals surface area contributed by atoms with Crippen LogP contribution in [0.2, 0.25) is 0 Å². The van der Waals surface area contributed by atoms with E-state index >= 15 is 0 Å². The van der Waals surface area contributed by atoms with Gasteiger partial charge in [0.1, 0.15) is 11.4 Å². The van der Waals surface area contributed by atoms with E-state index in [1.807, 2.05) is 0 Å². The van der Waals surface area contributed by atoms with Crippen molar-refractivity contribution >= 4 is 5.97 Å². The molecular formula is C10H12N2O4. The van der Waals surface area contributed by atoms with Crippen molar-refractivity contribution in [2.75, 3.05) is 13.2 Å². The van der Waals surface area contributed by atoms with Crippen LogP contribution >= 0.6 is 0 Å². The number of hydrogen-bond acceptors (Lipinski definition) is 4. The summed E-state index contributed by atoms with van der Waals surface area (Å²) in [6, 6.07) is 0. The Morgan fingerprint density at radius 2 is 2.50 bits per heavy atom. The Morgan fingerprint density at radius 3 is 3.06 bits per heavy atom. The van der Waals surface area contributed by atoms with Crippen molar-refractivity contribution in [3.05, 3.63) is 27.9 Å². The maximum atomic E-state index is 11.3. The second kappa shape index (κ2) is 4.44. The molecule has 1 aromatic rings. The Morgan fingerprint density at radius 1 is 1.69 bits per heavy atom. The number of aromatic amines is 1. The Labute approximate surface area is 91.3 Å². The van der Waals surface area contributed by atoms with Gasteiger partial charge in [-0.05, 0) is 12.3 Å². The van der Waals surface area contributed by atoms with E-state index in [1.54, 1.807) is 0 Å². The number of H-pyrrole nitrogens is 1. The fourth-order valence-corrected chi connectivity index (χ4v) is 1.71. The standard InChI is InChI=1S/C10H12N2O4/c13-9-7(10(14)15)4-11-8(12-9)3-6-1-2-16-5-6/h4,6H,1-3,5H2,(H,14,15)(H,11,12,13). The molecule has 6 nitrogen and oxygen atoms in total. The van der Waals surface area contributed by atoms with Crippen LogP contribution in [0.5, 0.6) is 0 Å². The van der Waals surface area contributed by atoms with E-state index in [4.69, 9.17) is 9.84 Å². The third kappa shape index (κ3) is 2.27. The number of rotatable bonds is 3. The molecule has 0 saturated carbocycles. The van der Waals surface area contributed by atoms with E-state index in [0.717, 1.165) is 19.2 Å². The first-order chi connectivity index (χ1) is 7.66. The molecule has 2 rings (SSSR count). The zero-order valence-electron chi connectivity index (χ0n) is 8.60. The van der Waals surface area contributed by atoms with Crippen molar-refractivity contribution in [2.45, 2.75) is 12.8 Å². The summed E-state index contributed by atoms with van der Waals surface area (Å²) < 4.78 is 5.21. The number of nitrogens with one attached hydrogen (secondary N) is 1. The van der Waals surface area contributed by atoms with Gasteiger partial charge < -0.3 is 14.8 Å². The van der Waals surface area contributed by atoms with Crippen LogP contribution in [0.25, 0.3) is 0 Å². The van der Waals surface area contributed by atoms with Gasteiger partial charge in [0.05, 0.1) is 0 Å². The van der Waals surface area contributed by atoms with Gasteiger partial charge in [-0.3, -0.25) is 4.79 Å². The van der Waals surface area contributed by atoms with Gasteiger partial charge in [-0.2, -0.15) is 0 Å². The molecule has 86 valence electrons. The smallest absolute Gasteiger partial charge is 0.342 e. The van der Waals surface area contributed by atoms with Crippen molar-refractivity contribution in [3.63, 3.8) is 0 Å². The number of hydrogen-bond donors (Lipinski definition) is 2. The van der Waals surface area contributed by atoms with E-state index in [-0.39, 0.29) is 5.56 Å². The maximum absolute atomic E-state index is 11.3. The molecule has 0 spiro atoms. The fourth-order valence-electron chi connectivity index (χ4n) is 1.71. The monoisotopic (exact) mass is 224 g/mol. The number of carboxylic acids is 1. The fraction of sp³-hybridized carbons (Fsp3) is 0.500. The van der Waals surface area contributed by atoms with Crippen molar-refractivity contribution in [1.29, 1.82) is 0 Å². The number of carbonyl (C=O) groups is 1. The molecule has 6 heteroatoms. The predicted molar refractivity (Wildman–Crippen MR) is 54.4 cm³/mol. The van der Waals surface area contributed by atoms with Crippen LogP contribution < -0.4 is 5.56 Å². The normalized spacial score (nSPS) is 19.9. The first-order valence-electron chi connectivity index (χ1n) is 5.06. The number of nitrogens with zero attached hydrogens (tertiary/aromatic N) is 1. The van der Waals surface area contributed by atoms with Crippen LogP contribution in [-0.4, -0.2) is 34.3 Å². The summed E-state index contributed by atoms with van der Waals surface area (Å²) in [7, 11) is 0. The van der Waals surface area contributed by atoms with Crippen LogP contribution in [0.4, 0.5) is 0 Å². The summed E-state index contributed by atoms with van der Waals surface area (Å²) in [5, 5.41) is 8.66. The molecule has 1 aliphatic rings. The minimum atomic E-state index is -1.26. The number of ether oxygens (including phenoxy) is 1. The molecule has 0 amide bonds.